The van der Waals surface area contributed by atoms with Crippen molar-refractivity contribution in [2.24, 2.45) is 0 Å². The molecular weight excluding hydrogens is 308 g/mol. The SMILES string of the molecule is COCc1nc(C2CCS(=O)(=O)C2)sc1CNC(C)(C)C. The maximum atomic E-state index is 11.6. The number of hydrogen-bond acceptors (Lipinski definition) is 6. The zero-order valence-corrected chi connectivity index (χ0v) is 14.7. The highest BCUT2D eigenvalue weighted by Gasteiger charge is 2.31. The monoisotopic (exact) mass is 332 g/mol. The maximum Gasteiger partial charge on any atom is 0.151 e. The van der Waals surface area contributed by atoms with Crippen molar-refractivity contribution < 1.29 is 13.2 Å². The molecule has 0 radical (unpaired) electrons. The highest BCUT2D eigenvalue weighted by molar-refractivity contribution is 7.91. The molecule has 120 valence electrons. The number of nitrogens with zero attached hydrogens (tertiary/aromatic N) is 1. The van der Waals surface area contributed by atoms with Gasteiger partial charge in [-0.2, -0.15) is 0 Å². The smallest absolute Gasteiger partial charge is 0.151 e. The Morgan fingerprint density at radius 2 is 2.14 bits per heavy atom. The first-order valence-corrected chi connectivity index (χ1v) is 9.77. The Morgan fingerprint density at radius 3 is 2.67 bits per heavy atom. The average Bonchev–Trinajstić information content (AvgIpc) is 2.90. The van der Waals surface area contributed by atoms with Gasteiger partial charge in [-0.15, -0.1) is 11.3 Å². The average molecular weight is 332 g/mol. The molecule has 0 amide bonds. The summed E-state index contributed by atoms with van der Waals surface area (Å²) >= 11 is 1.62. The van der Waals surface area contributed by atoms with E-state index in [-0.39, 0.29) is 23.0 Å². The van der Waals surface area contributed by atoms with E-state index in [1.165, 1.54) is 0 Å². The first-order chi connectivity index (χ1) is 9.70. The third-order valence-electron chi connectivity index (χ3n) is 3.44. The van der Waals surface area contributed by atoms with E-state index in [1.807, 2.05) is 0 Å². The molecule has 1 aliphatic heterocycles. The molecule has 21 heavy (non-hydrogen) atoms. The summed E-state index contributed by atoms with van der Waals surface area (Å²) in [5.41, 5.74) is 0.962. The third kappa shape index (κ3) is 4.74. The van der Waals surface area contributed by atoms with Crippen molar-refractivity contribution in [3.05, 3.63) is 15.6 Å². The second-order valence-corrected chi connectivity index (χ2v) is 9.90. The van der Waals surface area contributed by atoms with Crippen molar-refractivity contribution in [1.82, 2.24) is 10.3 Å². The van der Waals surface area contributed by atoms with Crippen molar-refractivity contribution in [2.45, 2.75) is 51.8 Å². The number of sulfone groups is 1. The lowest BCUT2D eigenvalue weighted by Crippen LogP contribution is -2.35. The van der Waals surface area contributed by atoms with Crippen LogP contribution in [-0.2, 0) is 27.7 Å². The van der Waals surface area contributed by atoms with Crippen molar-refractivity contribution in [3.63, 3.8) is 0 Å². The van der Waals surface area contributed by atoms with E-state index in [9.17, 15) is 8.42 Å². The normalized spacial score (nSPS) is 21.8. The van der Waals surface area contributed by atoms with E-state index in [2.05, 4.69) is 31.1 Å². The molecule has 0 bridgehead atoms. The Hall–Kier alpha value is -0.500. The zero-order valence-electron chi connectivity index (χ0n) is 13.1. The van der Waals surface area contributed by atoms with Gasteiger partial charge < -0.3 is 10.1 Å². The van der Waals surface area contributed by atoms with Gasteiger partial charge in [-0.25, -0.2) is 13.4 Å². The van der Waals surface area contributed by atoms with Crippen LogP contribution in [-0.4, -0.2) is 37.6 Å². The van der Waals surface area contributed by atoms with E-state index >= 15 is 0 Å². The number of methoxy groups -OCH3 is 1. The van der Waals surface area contributed by atoms with Gasteiger partial charge in [0.05, 0.1) is 28.8 Å². The second-order valence-electron chi connectivity index (χ2n) is 6.56. The first-order valence-electron chi connectivity index (χ1n) is 7.13. The molecule has 1 unspecified atom stereocenters. The zero-order chi connectivity index (χ0) is 15.7. The summed E-state index contributed by atoms with van der Waals surface area (Å²) in [6.45, 7) is 7.56. The summed E-state index contributed by atoms with van der Waals surface area (Å²) in [5, 5.41) is 4.39. The van der Waals surface area contributed by atoms with Crippen molar-refractivity contribution in [2.75, 3.05) is 18.6 Å². The molecule has 2 rings (SSSR count). The number of aromatic nitrogens is 1. The number of rotatable bonds is 5. The molecule has 1 aromatic heterocycles. The van der Waals surface area contributed by atoms with Crippen molar-refractivity contribution >= 4 is 21.2 Å². The predicted molar refractivity (Wildman–Crippen MR) is 85.4 cm³/mol. The number of ether oxygens (including phenoxy) is 1. The summed E-state index contributed by atoms with van der Waals surface area (Å²) in [6.07, 6.45) is 0.689. The van der Waals surface area contributed by atoms with Crippen LogP contribution in [0.25, 0.3) is 0 Å². The molecular formula is C14H24N2O3S2. The lowest BCUT2D eigenvalue weighted by molar-refractivity contribution is 0.181. The molecule has 1 N–H and O–H groups in total. The fourth-order valence-corrected chi connectivity index (χ4v) is 5.30. The van der Waals surface area contributed by atoms with Gasteiger partial charge in [-0.05, 0) is 27.2 Å². The quantitative estimate of drug-likeness (QED) is 0.894. The highest BCUT2D eigenvalue weighted by atomic mass is 32.2. The molecule has 1 atom stereocenters. The summed E-state index contributed by atoms with van der Waals surface area (Å²) in [4.78, 5) is 5.78. The molecule has 2 heterocycles. The Morgan fingerprint density at radius 1 is 1.43 bits per heavy atom. The highest BCUT2D eigenvalue weighted by Crippen LogP contribution is 2.33. The van der Waals surface area contributed by atoms with Gasteiger partial charge >= 0.3 is 0 Å². The van der Waals surface area contributed by atoms with Crippen molar-refractivity contribution in [3.8, 4) is 0 Å². The molecule has 7 heteroatoms. The summed E-state index contributed by atoms with van der Waals surface area (Å²) in [7, 11) is -1.22. The maximum absolute atomic E-state index is 11.6. The van der Waals surface area contributed by atoms with Crippen LogP contribution in [0.1, 0.15) is 48.7 Å². The molecule has 1 aromatic rings. The third-order valence-corrected chi connectivity index (χ3v) is 6.46. The Labute approximate surface area is 131 Å². The van der Waals surface area contributed by atoms with Gasteiger partial charge in [-0.1, -0.05) is 0 Å². The molecule has 0 saturated carbocycles. The molecule has 0 spiro atoms. The van der Waals surface area contributed by atoms with Crippen molar-refractivity contribution in [1.29, 1.82) is 0 Å². The van der Waals surface area contributed by atoms with E-state index in [1.54, 1.807) is 18.4 Å². The summed E-state index contributed by atoms with van der Waals surface area (Å²) in [6, 6.07) is 0. The van der Waals surface area contributed by atoms with Crippen LogP contribution in [0, 0.1) is 0 Å². The van der Waals surface area contributed by atoms with Crippen LogP contribution in [0.3, 0.4) is 0 Å². The Kier molecular flexibility index (Phi) is 5.07. The van der Waals surface area contributed by atoms with Gasteiger partial charge in [0.2, 0.25) is 0 Å². The lowest BCUT2D eigenvalue weighted by atomic mass is 10.1. The minimum atomic E-state index is -2.88. The Balaban J connectivity index is 2.17. The molecule has 0 aromatic carbocycles. The number of nitrogens with one attached hydrogen (secondary N) is 1. The lowest BCUT2D eigenvalue weighted by Gasteiger charge is -2.20. The largest absolute Gasteiger partial charge is 0.378 e. The molecule has 5 nitrogen and oxygen atoms in total. The molecule has 1 fully saturated rings. The van der Waals surface area contributed by atoms with E-state index in [0.717, 1.165) is 22.1 Å². The van der Waals surface area contributed by atoms with Crippen LogP contribution < -0.4 is 5.32 Å². The minimum absolute atomic E-state index is 0.0329. The van der Waals surface area contributed by atoms with Crippen LogP contribution in [0.4, 0.5) is 0 Å². The predicted octanol–water partition coefficient (Wildman–Crippen LogP) is 2.08. The van der Waals surface area contributed by atoms with E-state index in [0.29, 0.717) is 13.0 Å². The van der Waals surface area contributed by atoms with E-state index in [4.69, 9.17) is 4.74 Å². The summed E-state index contributed by atoms with van der Waals surface area (Å²) in [5.74, 6) is 0.574. The minimum Gasteiger partial charge on any atom is -0.378 e. The van der Waals surface area contributed by atoms with Crippen LogP contribution >= 0.6 is 11.3 Å². The fraction of sp³-hybridized carbons (Fsp3) is 0.786. The van der Waals surface area contributed by atoms with Crippen LogP contribution in [0.2, 0.25) is 0 Å². The molecule has 0 aliphatic carbocycles. The van der Waals surface area contributed by atoms with Gasteiger partial charge in [0.1, 0.15) is 0 Å². The summed E-state index contributed by atoms with van der Waals surface area (Å²) < 4.78 is 28.5. The van der Waals surface area contributed by atoms with Gasteiger partial charge in [0.25, 0.3) is 0 Å². The number of thiazole rings is 1. The fourth-order valence-electron chi connectivity index (χ4n) is 2.30. The molecule has 1 saturated heterocycles. The van der Waals surface area contributed by atoms with Gasteiger partial charge in [0, 0.05) is 30.0 Å². The van der Waals surface area contributed by atoms with Gasteiger partial charge in [0.15, 0.2) is 9.84 Å². The second kappa shape index (κ2) is 6.32. The Bertz CT molecular complexity index is 588. The van der Waals surface area contributed by atoms with Crippen LogP contribution in [0.5, 0.6) is 0 Å². The van der Waals surface area contributed by atoms with E-state index < -0.39 is 9.84 Å². The standard InChI is InChI=1S/C14H24N2O3S2/c1-14(2,3)15-7-12-11(8-19-4)16-13(20-12)10-5-6-21(17,18)9-10/h10,15H,5-9H2,1-4H3. The van der Waals surface area contributed by atoms with Gasteiger partial charge in [-0.3, -0.25) is 0 Å². The first kappa shape index (κ1) is 16.9. The molecule has 1 aliphatic rings. The number of hydrogen-bond donors (Lipinski definition) is 1. The van der Waals surface area contributed by atoms with Crippen LogP contribution in [0.15, 0.2) is 0 Å². The topological polar surface area (TPSA) is 68.3 Å².